The number of carbonyl (C=O) groups is 1. The number of amides is 1. The topological polar surface area (TPSA) is 42.0 Å². The summed E-state index contributed by atoms with van der Waals surface area (Å²) in [6.45, 7) is 8.32. The fraction of sp³-hybridized carbons (Fsp3) is 0.452. The third-order valence-electron chi connectivity index (χ3n) is 7.36. The van der Waals surface area contributed by atoms with E-state index in [4.69, 9.17) is 9.47 Å². The van der Waals surface area contributed by atoms with Crippen LogP contribution in [-0.2, 0) is 6.54 Å². The van der Waals surface area contributed by atoms with Crippen LogP contribution < -0.4 is 9.47 Å². The average Bonchev–Trinajstić information content (AvgIpc) is 2.90. The van der Waals surface area contributed by atoms with Gasteiger partial charge in [-0.1, -0.05) is 24.3 Å². The number of benzene rings is 3. The molecule has 0 aliphatic carbocycles. The molecule has 5 nitrogen and oxygen atoms in total. The number of ether oxygens (including phenoxy) is 2. The van der Waals surface area contributed by atoms with Crippen LogP contribution in [0.4, 0.5) is 0 Å². The molecule has 3 aromatic carbocycles. The van der Waals surface area contributed by atoms with Gasteiger partial charge in [0.1, 0.15) is 11.5 Å². The number of carbonyl (C=O) groups excluding carboxylic acids is 1. The first kappa shape index (κ1) is 26.0. The second-order valence-electron chi connectivity index (χ2n) is 10.3. The van der Waals surface area contributed by atoms with Crippen LogP contribution in [0.25, 0.3) is 10.8 Å². The monoisotopic (exact) mass is 488 g/mol. The minimum Gasteiger partial charge on any atom is -0.497 e. The molecule has 1 fully saturated rings. The third-order valence-corrected chi connectivity index (χ3v) is 7.36. The number of hydrogen-bond acceptors (Lipinski definition) is 4. The highest BCUT2D eigenvalue weighted by Crippen LogP contribution is 2.25. The minimum atomic E-state index is -0.000672. The Morgan fingerprint density at radius 3 is 2.50 bits per heavy atom. The van der Waals surface area contributed by atoms with E-state index in [9.17, 15) is 4.79 Å². The highest BCUT2D eigenvalue weighted by Gasteiger charge is 2.20. The van der Waals surface area contributed by atoms with Gasteiger partial charge < -0.3 is 19.3 Å². The summed E-state index contributed by atoms with van der Waals surface area (Å²) >= 11 is 0. The van der Waals surface area contributed by atoms with Gasteiger partial charge in [0.15, 0.2) is 0 Å². The summed E-state index contributed by atoms with van der Waals surface area (Å²) < 4.78 is 11.4. The summed E-state index contributed by atoms with van der Waals surface area (Å²) in [5.41, 5.74) is 1.72. The molecule has 0 unspecified atom stereocenters. The lowest BCUT2D eigenvalue weighted by molar-refractivity contribution is 0.0785. The van der Waals surface area contributed by atoms with Crippen molar-refractivity contribution in [3.63, 3.8) is 0 Å². The maximum absolute atomic E-state index is 13.0. The first-order chi connectivity index (χ1) is 17.4. The molecule has 1 aliphatic rings. The lowest BCUT2D eigenvalue weighted by Gasteiger charge is -2.34. The van der Waals surface area contributed by atoms with E-state index in [0.717, 1.165) is 46.8 Å². The Morgan fingerprint density at radius 1 is 1.00 bits per heavy atom. The van der Waals surface area contributed by atoms with Crippen molar-refractivity contribution >= 4 is 16.7 Å². The van der Waals surface area contributed by atoms with Crippen LogP contribution in [0.2, 0.25) is 0 Å². The van der Waals surface area contributed by atoms with Crippen LogP contribution >= 0.6 is 0 Å². The number of rotatable bonds is 10. The van der Waals surface area contributed by atoms with Crippen molar-refractivity contribution in [2.24, 2.45) is 5.92 Å². The van der Waals surface area contributed by atoms with E-state index in [1.54, 1.807) is 12.0 Å². The number of likely N-dealkylation sites (tertiary alicyclic amines) is 1. The van der Waals surface area contributed by atoms with Crippen LogP contribution in [0.15, 0.2) is 60.7 Å². The van der Waals surface area contributed by atoms with Crippen LogP contribution in [0, 0.1) is 5.92 Å². The van der Waals surface area contributed by atoms with E-state index in [1.165, 1.54) is 32.4 Å². The van der Waals surface area contributed by atoms with Gasteiger partial charge in [0, 0.05) is 25.2 Å². The molecule has 0 N–H and O–H groups in total. The van der Waals surface area contributed by atoms with Crippen molar-refractivity contribution in [2.75, 3.05) is 33.9 Å². The number of piperidine rings is 1. The number of methoxy groups -OCH3 is 1. The Kier molecular flexibility index (Phi) is 8.87. The fourth-order valence-corrected chi connectivity index (χ4v) is 5.10. The first-order valence-electron chi connectivity index (χ1n) is 13.2. The van der Waals surface area contributed by atoms with E-state index in [1.807, 2.05) is 61.6 Å². The van der Waals surface area contributed by atoms with Gasteiger partial charge in [-0.05, 0) is 111 Å². The van der Waals surface area contributed by atoms with E-state index in [-0.39, 0.29) is 5.91 Å². The van der Waals surface area contributed by atoms with Gasteiger partial charge in [-0.15, -0.1) is 0 Å². The van der Waals surface area contributed by atoms with Gasteiger partial charge >= 0.3 is 0 Å². The minimum absolute atomic E-state index is 0.000672. The highest BCUT2D eigenvalue weighted by atomic mass is 16.5. The number of hydrogen-bond donors (Lipinski definition) is 0. The maximum Gasteiger partial charge on any atom is 0.253 e. The summed E-state index contributed by atoms with van der Waals surface area (Å²) in [7, 11) is 3.48. The van der Waals surface area contributed by atoms with E-state index in [0.29, 0.717) is 18.2 Å². The molecule has 0 radical (unpaired) electrons. The molecule has 36 heavy (non-hydrogen) atoms. The molecule has 1 aliphatic heterocycles. The van der Waals surface area contributed by atoms with Gasteiger partial charge in [0.2, 0.25) is 0 Å². The van der Waals surface area contributed by atoms with Gasteiger partial charge in [-0.3, -0.25) is 4.79 Å². The van der Waals surface area contributed by atoms with Gasteiger partial charge in [-0.2, -0.15) is 0 Å². The van der Waals surface area contributed by atoms with Crippen LogP contribution in [-0.4, -0.2) is 55.6 Å². The molecule has 0 saturated carbocycles. The first-order valence-corrected chi connectivity index (χ1v) is 13.2. The molecule has 3 aromatic rings. The molecule has 4 rings (SSSR count). The molecule has 0 aromatic heterocycles. The predicted octanol–water partition coefficient (Wildman–Crippen LogP) is 6.40. The molecular formula is C31H40N2O3. The predicted molar refractivity (Wildman–Crippen MR) is 147 cm³/mol. The Balaban J connectivity index is 1.28. The van der Waals surface area contributed by atoms with Gasteiger partial charge in [0.05, 0.1) is 13.7 Å². The quantitative estimate of drug-likeness (QED) is 0.310. The van der Waals surface area contributed by atoms with Crippen molar-refractivity contribution < 1.29 is 14.3 Å². The van der Waals surface area contributed by atoms with E-state index >= 15 is 0 Å². The fourth-order valence-electron chi connectivity index (χ4n) is 5.10. The normalized spacial score (nSPS) is 14.8. The zero-order valence-corrected chi connectivity index (χ0v) is 22.2. The Hall–Kier alpha value is -3.05. The zero-order chi connectivity index (χ0) is 25.5. The largest absolute Gasteiger partial charge is 0.497 e. The van der Waals surface area contributed by atoms with Crippen molar-refractivity contribution in [1.82, 2.24) is 9.80 Å². The van der Waals surface area contributed by atoms with E-state index < -0.39 is 0 Å². The lowest BCUT2D eigenvalue weighted by atomic mass is 9.92. The molecular weight excluding hydrogens is 448 g/mol. The van der Waals surface area contributed by atoms with Crippen molar-refractivity contribution in [1.29, 1.82) is 0 Å². The summed E-state index contributed by atoms with van der Waals surface area (Å²) in [4.78, 5) is 17.4. The smallest absolute Gasteiger partial charge is 0.253 e. The average molecular weight is 489 g/mol. The molecule has 0 bridgehead atoms. The Labute approximate surface area is 216 Å². The molecule has 1 heterocycles. The van der Waals surface area contributed by atoms with Crippen molar-refractivity contribution in [2.45, 2.75) is 52.1 Å². The van der Waals surface area contributed by atoms with Crippen molar-refractivity contribution in [3.8, 4) is 11.5 Å². The number of nitrogens with zero attached hydrogens (tertiary/aromatic N) is 2. The van der Waals surface area contributed by atoms with Crippen LogP contribution in [0.1, 0.15) is 55.5 Å². The Bertz CT molecular complexity index is 1150. The van der Waals surface area contributed by atoms with Gasteiger partial charge in [0.25, 0.3) is 5.91 Å². The SMILES string of the molecule is COc1cccc(CN(C)C(=O)c2ccc3cc(OCCCC4CCN(C(C)C)CC4)ccc3c2)c1. The van der Waals surface area contributed by atoms with Crippen molar-refractivity contribution in [3.05, 3.63) is 71.8 Å². The summed E-state index contributed by atoms with van der Waals surface area (Å²) in [5, 5.41) is 2.13. The van der Waals surface area contributed by atoms with Crippen LogP contribution in [0.3, 0.4) is 0 Å². The standard InChI is InChI=1S/C31H40N2O3/c1-23(2)33-16-14-24(15-17-33)8-6-18-36-30-13-12-26-20-28(11-10-27(26)21-30)31(34)32(3)22-25-7-5-9-29(19-25)35-4/h5,7,9-13,19-21,23-24H,6,8,14-18,22H2,1-4H3. The second-order valence-corrected chi connectivity index (χ2v) is 10.3. The molecule has 5 heteroatoms. The Morgan fingerprint density at radius 2 is 1.75 bits per heavy atom. The number of fused-ring (bicyclic) bond motifs is 1. The lowest BCUT2D eigenvalue weighted by Crippen LogP contribution is -2.38. The molecule has 1 amide bonds. The van der Waals surface area contributed by atoms with E-state index in [2.05, 4.69) is 24.8 Å². The van der Waals surface area contributed by atoms with Crippen LogP contribution in [0.5, 0.6) is 11.5 Å². The second kappa shape index (κ2) is 12.3. The van der Waals surface area contributed by atoms with Gasteiger partial charge in [-0.25, -0.2) is 0 Å². The highest BCUT2D eigenvalue weighted by molar-refractivity contribution is 5.98. The summed E-state index contributed by atoms with van der Waals surface area (Å²) in [6.07, 6.45) is 4.96. The molecule has 0 atom stereocenters. The maximum atomic E-state index is 13.0. The third kappa shape index (κ3) is 6.79. The zero-order valence-electron chi connectivity index (χ0n) is 22.2. The molecule has 1 saturated heterocycles. The molecule has 0 spiro atoms. The summed E-state index contributed by atoms with van der Waals surface area (Å²) in [6, 6.07) is 20.5. The summed E-state index contributed by atoms with van der Waals surface area (Å²) in [5.74, 6) is 2.52. The molecule has 192 valence electrons.